The molecule has 0 aliphatic heterocycles. The first-order valence-electron chi connectivity index (χ1n) is 6.08. The van der Waals surface area contributed by atoms with Gasteiger partial charge in [0.2, 0.25) is 0 Å². The first-order chi connectivity index (χ1) is 6.08. The fourth-order valence-electron chi connectivity index (χ4n) is 4.75. The van der Waals surface area contributed by atoms with Gasteiger partial charge in [-0.15, -0.1) is 0 Å². The van der Waals surface area contributed by atoms with Crippen LogP contribution in [-0.4, -0.2) is 0 Å². The number of fused-ring (bicyclic) bond motifs is 1. The van der Waals surface area contributed by atoms with E-state index in [9.17, 15) is 0 Å². The summed E-state index contributed by atoms with van der Waals surface area (Å²) in [7, 11) is 0. The lowest BCUT2D eigenvalue weighted by atomic mass is 9.76. The van der Waals surface area contributed by atoms with Crippen molar-refractivity contribution in [2.45, 2.75) is 40.5 Å². The quantitative estimate of drug-likeness (QED) is 0.606. The average Bonchev–Trinajstić information content (AvgIpc) is 2.45. The van der Waals surface area contributed by atoms with Crippen molar-refractivity contribution in [2.75, 3.05) is 0 Å². The third-order valence-corrected chi connectivity index (χ3v) is 5.97. The van der Waals surface area contributed by atoms with E-state index in [0.29, 0.717) is 0 Å². The highest BCUT2D eigenvalue weighted by molar-refractivity contribution is 5.27. The summed E-state index contributed by atoms with van der Waals surface area (Å²) in [6, 6.07) is 0. The van der Waals surface area contributed by atoms with Crippen LogP contribution in [0.4, 0.5) is 0 Å². The molecule has 4 aliphatic rings. The zero-order valence-corrected chi connectivity index (χ0v) is 9.38. The van der Waals surface area contributed by atoms with Crippen LogP contribution in [-0.2, 0) is 0 Å². The maximum Gasteiger partial charge on any atom is -0.0229 e. The van der Waals surface area contributed by atoms with Crippen molar-refractivity contribution < 1.29 is 0 Å². The fourth-order valence-corrected chi connectivity index (χ4v) is 4.75. The van der Waals surface area contributed by atoms with Crippen LogP contribution in [0.5, 0.6) is 0 Å². The summed E-state index contributed by atoms with van der Waals surface area (Å²) in [6.45, 7) is 9.76. The Morgan fingerprint density at radius 3 is 2.23 bits per heavy atom. The van der Waals surface area contributed by atoms with Crippen LogP contribution in [0, 0.1) is 40.9 Å². The van der Waals surface area contributed by atoms with Crippen LogP contribution < -0.4 is 0 Å². The minimum atomic E-state index is 0.899. The highest BCUT2D eigenvalue weighted by atomic mass is 14.8. The van der Waals surface area contributed by atoms with E-state index >= 15 is 0 Å². The fraction of sp³-hybridized carbons (Fsp3) is 1.00. The molecule has 4 rings (SSSR count). The van der Waals surface area contributed by atoms with Gasteiger partial charge in [0.15, 0.2) is 0 Å². The Kier molecular flexibility index (Phi) is 1.37. The average molecular weight is 178 g/mol. The van der Waals surface area contributed by atoms with Crippen LogP contribution in [0.1, 0.15) is 40.5 Å². The molecule has 0 aromatic carbocycles. The van der Waals surface area contributed by atoms with Gasteiger partial charge in [-0.2, -0.15) is 0 Å². The van der Waals surface area contributed by atoms with Crippen molar-refractivity contribution in [2.24, 2.45) is 40.9 Å². The molecule has 0 radical (unpaired) electrons. The van der Waals surface area contributed by atoms with Crippen molar-refractivity contribution in [1.82, 2.24) is 0 Å². The van der Waals surface area contributed by atoms with Gasteiger partial charge in [0.05, 0.1) is 0 Å². The second-order valence-electron chi connectivity index (χ2n) is 6.39. The van der Waals surface area contributed by atoms with Crippen LogP contribution in [0.2, 0.25) is 0 Å². The molecule has 0 nitrogen and oxygen atoms in total. The van der Waals surface area contributed by atoms with Crippen molar-refractivity contribution in [3.8, 4) is 0 Å². The molecule has 13 heavy (non-hydrogen) atoms. The highest BCUT2D eigenvalue weighted by Gasteiger charge is 2.79. The van der Waals surface area contributed by atoms with E-state index in [2.05, 4.69) is 27.7 Å². The molecule has 6 atom stereocenters. The van der Waals surface area contributed by atoms with E-state index in [-0.39, 0.29) is 0 Å². The molecule has 0 heteroatoms. The zero-order valence-electron chi connectivity index (χ0n) is 9.38. The Hall–Kier alpha value is 0. The minimum absolute atomic E-state index is 0.899. The largest absolute Gasteiger partial charge is 0.0625 e. The lowest BCUT2D eigenvalue weighted by Crippen LogP contribution is -2.23. The van der Waals surface area contributed by atoms with Gasteiger partial charge in [0.1, 0.15) is 0 Å². The van der Waals surface area contributed by atoms with Gasteiger partial charge < -0.3 is 0 Å². The van der Waals surface area contributed by atoms with Crippen LogP contribution in [0.15, 0.2) is 0 Å². The highest BCUT2D eigenvalue weighted by Crippen LogP contribution is 2.85. The Bertz CT molecular complexity index is 242. The maximum atomic E-state index is 2.49. The third kappa shape index (κ3) is 0.750. The molecule has 0 aromatic rings. The number of hydrogen-bond donors (Lipinski definition) is 0. The van der Waals surface area contributed by atoms with E-state index in [1.165, 1.54) is 5.92 Å². The van der Waals surface area contributed by atoms with Crippen LogP contribution in [0.25, 0.3) is 0 Å². The summed E-state index contributed by atoms with van der Waals surface area (Å²) < 4.78 is 0. The summed E-state index contributed by atoms with van der Waals surface area (Å²) in [5.41, 5.74) is 0.901. The van der Waals surface area contributed by atoms with Crippen molar-refractivity contribution in [1.29, 1.82) is 0 Å². The van der Waals surface area contributed by atoms with E-state index in [4.69, 9.17) is 0 Å². The molecule has 6 unspecified atom stereocenters. The molecule has 0 amide bonds. The lowest BCUT2D eigenvalue weighted by Gasteiger charge is -2.29. The smallest absolute Gasteiger partial charge is 0.0229 e. The van der Waals surface area contributed by atoms with Gasteiger partial charge in [-0.3, -0.25) is 0 Å². The van der Waals surface area contributed by atoms with Gasteiger partial charge >= 0.3 is 0 Å². The maximum absolute atomic E-state index is 2.49. The SMILES string of the molecule is CC(C)C(C)C1CC23CC1C2C3C. The summed E-state index contributed by atoms with van der Waals surface area (Å²) >= 11 is 0. The Balaban J connectivity index is 1.73. The second-order valence-corrected chi connectivity index (χ2v) is 6.39. The van der Waals surface area contributed by atoms with Gasteiger partial charge in [0, 0.05) is 0 Å². The molecular formula is C13H22. The molecule has 74 valence electrons. The molecule has 4 fully saturated rings. The van der Waals surface area contributed by atoms with E-state index in [0.717, 1.165) is 35.0 Å². The lowest BCUT2D eigenvalue weighted by molar-refractivity contribution is 0.192. The minimum Gasteiger partial charge on any atom is -0.0625 e. The van der Waals surface area contributed by atoms with Crippen molar-refractivity contribution in [3.05, 3.63) is 0 Å². The molecule has 1 spiro atoms. The van der Waals surface area contributed by atoms with Gasteiger partial charge in [0.25, 0.3) is 0 Å². The van der Waals surface area contributed by atoms with E-state index in [1.54, 1.807) is 12.8 Å². The van der Waals surface area contributed by atoms with Crippen LogP contribution in [0.3, 0.4) is 0 Å². The van der Waals surface area contributed by atoms with E-state index in [1.807, 2.05) is 0 Å². The molecule has 0 saturated heterocycles. The molecule has 0 aromatic heterocycles. The number of hydrogen-bond acceptors (Lipinski definition) is 0. The first kappa shape index (κ1) is 8.32. The predicted octanol–water partition coefficient (Wildman–Crippen LogP) is 3.57. The standard InChI is InChI=1S/C13H22/c1-7(2)8(3)10-5-13-6-11(10)12(13)9(13)4/h7-12H,5-6H2,1-4H3. The van der Waals surface area contributed by atoms with Gasteiger partial charge in [-0.05, 0) is 53.8 Å². The van der Waals surface area contributed by atoms with Crippen molar-refractivity contribution in [3.63, 3.8) is 0 Å². The summed E-state index contributed by atoms with van der Waals surface area (Å²) in [5.74, 6) is 6.40. The molecular weight excluding hydrogens is 156 g/mol. The van der Waals surface area contributed by atoms with Crippen molar-refractivity contribution >= 4 is 0 Å². The predicted molar refractivity (Wildman–Crippen MR) is 55.3 cm³/mol. The van der Waals surface area contributed by atoms with E-state index < -0.39 is 0 Å². The number of rotatable bonds is 2. The van der Waals surface area contributed by atoms with Crippen LogP contribution >= 0.6 is 0 Å². The third-order valence-electron chi connectivity index (χ3n) is 5.97. The molecule has 4 aliphatic carbocycles. The first-order valence-corrected chi connectivity index (χ1v) is 6.08. The molecule has 0 N–H and O–H groups in total. The monoisotopic (exact) mass is 178 g/mol. The van der Waals surface area contributed by atoms with Gasteiger partial charge in [-0.25, -0.2) is 0 Å². The second kappa shape index (κ2) is 2.15. The zero-order chi connectivity index (χ0) is 9.38. The Morgan fingerprint density at radius 1 is 1.15 bits per heavy atom. The Labute approximate surface area is 82.1 Å². The molecule has 4 saturated carbocycles. The Morgan fingerprint density at radius 2 is 1.85 bits per heavy atom. The summed E-state index contributed by atoms with van der Waals surface area (Å²) in [5, 5.41) is 0. The molecule has 2 bridgehead atoms. The molecule has 0 heterocycles. The summed E-state index contributed by atoms with van der Waals surface area (Å²) in [6.07, 6.45) is 3.18. The topological polar surface area (TPSA) is 0 Å². The normalized spacial score (nSPS) is 58.8. The van der Waals surface area contributed by atoms with Gasteiger partial charge in [-0.1, -0.05) is 27.7 Å². The summed E-state index contributed by atoms with van der Waals surface area (Å²) in [4.78, 5) is 0.